The second kappa shape index (κ2) is 4.56. The van der Waals surface area contributed by atoms with Crippen molar-refractivity contribution in [1.29, 1.82) is 0 Å². The van der Waals surface area contributed by atoms with Crippen molar-refractivity contribution in [3.05, 3.63) is 34.6 Å². The van der Waals surface area contributed by atoms with Gasteiger partial charge in [0.05, 0.1) is 6.61 Å². The first kappa shape index (κ1) is 11.2. The van der Waals surface area contributed by atoms with Crippen LogP contribution in [-0.2, 0) is 13.0 Å². The molecule has 1 nitrogen and oxygen atoms in total. The van der Waals surface area contributed by atoms with Gasteiger partial charge in [0.25, 0.3) is 0 Å². The van der Waals surface area contributed by atoms with Gasteiger partial charge in [-0.1, -0.05) is 26.0 Å². The van der Waals surface area contributed by atoms with E-state index in [1.807, 2.05) is 13.8 Å². The molecule has 1 aromatic rings. The van der Waals surface area contributed by atoms with E-state index >= 15 is 0 Å². The predicted molar refractivity (Wildman–Crippen MR) is 55.6 cm³/mol. The van der Waals surface area contributed by atoms with Crippen LogP contribution in [0.2, 0.25) is 0 Å². The summed E-state index contributed by atoms with van der Waals surface area (Å²) in [5.74, 6) is 0.238. The molecule has 0 aliphatic rings. The molecule has 78 valence electrons. The third-order valence-corrected chi connectivity index (χ3v) is 2.32. The fourth-order valence-electron chi connectivity index (χ4n) is 1.56. The Hall–Kier alpha value is -0.890. The van der Waals surface area contributed by atoms with Crippen molar-refractivity contribution in [2.24, 2.45) is 5.92 Å². The van der Waals surface area contributed by atoms with E-state index in [9.17, 15) is 4.39 Å². The summed E-state index contributed by atoms with van der Waals surface area (Å²) in [5, 5.41) is 9.08. The Morgan fingerprint density at radius 1 is 1.36 bits per heavy atom. The zero-order valence-electron chi connectivity index (χ0n) is 8.97. The van der Waals surface area contributed by atoms with Crippen LogP contribution in [0.3, 0.4) is 0 Å². The molecule has 1 N–H and O–H groups in total. The molecule has 0 bridgehead atoms. The molecule has 0 amide bonds. The second-order valence-corrected chi connectivity index (χ2v) is 4.09. The lowest BCUT2D eigenvalue weighted by atomic mass is 9.96. The van der Waals surface area contributed by atoms with Gasteiger partial charge in [0, 0.05) is 0 Å². The molecule has 0 unspecified atom stereocenters. The minimum Gasteiger partial charge on any atom is -0.392 e. The lowest BCUT2D eigenvalue weighted by molar-refractivity contribution is 0.279. The molecule has 2 heteroatoms. The number of aliphatic hydroxyl groups is 1. The number of aliphatic hydroxyl groups excluding tert-OH is 1. The van der Waals surface area contributed by atoms with Gasteiger partial charge < -0.3 is 5.11 Å². The molecular formula is C12H17FO. The summed E-state index contributed by atoms with van der Waals surface area (Å²) in [6.07, 6.45) is 0.684. The van der Waals surface area contributed by atoms with Gasteiger partial charge >= 0.3 is 0 Å². The van der Waals surface area contributed by atoms with Crippen LogP contribution < -0.4 is 0 Å². The summed E-state index contributed by atoms with van der Waals surface area (Å²) < 4.78 is 13.7. The van der Waals surface area contributed by atoms with E-state index in [0.717, 1.165) is 0 Å². The summed E-state index contributed by atoms with van der Waals surface area (Å²) in [6, 6.07) is 3.51. The van der Waals surface area contributed by atoms with Crippen LogP contribution in [0.25, 0.3) is 0 Å². The average molecular weight is 196 g/mol. The minimum absolute atomic E-state index is 0.0841. The van der Waals surface area contributed by atoms with Gasteiger partial charge in [0.2, 0.25) is 0 Å². The van der Waals surface area contributed by atoms with Crippen molar-refractivity contribution in [2.45, 2.75) is 33.8 Å². The van der Waals surface area contributed by atoms with Crippen LogP contribution in [0.1, 0.15) is 30.5 Å². The van der Waals surface area contributed by atoms with Crippen molar-refractivity contribution in [3.63, 3.8) is 0 Å². The molecule has 0 saturated carbocycles. The number of aryl methyl sites for hydroxylation is 1. The van der Waals surface area contributed by atoms with Gasteiger partial charge in [0.15, 0.2) is 0 Å². The highest BCUT2D eigenvalue weighted by Crippen LogP contribution is 2.20. The highest BCUT2D eigenvalue weighted by Gasteiger charge is 2.11. The largest absolute Gasteiger partial charge is 0.392 e. The van der Waals surface area contributed by atoms with E-state index < -0.39 is 0 Å². The highest BCUT2D eigenvalue weighted by molar-refractivity contribution is 5.33. The van der Waals surface area contributed by atoms with Gasteiger partial charge in [0.1, 0.15) is 5.82 Å². The van der Waals surface area contributed by atoms with Crippen LogP contribution in [-0.4, -0.2) is 5.11 Å². The van der Waals surface area contributed by atoms with Crippen molar-refractivity contribution in [1.82, 2.24) is 0 Å². The van der Waals surface area contributed by atoms with E-state index in [0.29, 0.717) is 29.0 Å². The minimum atomic E-state index is -0.162. The monoisotopic (exact) mass is 196 g/mol. The fourth-order valence-corrected chi connectivity index (χ4v) is 1.56. The third kappa shape index (κ3) is 2.32. The molecule has 1 aromatic carbocycles. The van der Waals surface area contributed by atoms with Gasteiger partial charge in [-0.25, -0.2) is 4.39 Å². The van der Waals surface area contributed by atoms with E-state index in [-0.39, 0.29) is 12.4 Å². The van der Waals surface area contributed by atoms with Crippen molar-refractivity contribution >= 4 is 0 Å². The van der Waals surface area contributed by atoms with Crippen LogP contribution in [0.4, 0.5) is 4.39 Å². The van der Waals surface area contributed by atoms with Gasteiger partial charge in [-0.3, -0.25) is 0 Å². The standard InChI is InChI=1S/C12H17FO/c1-8(2)6-11-10(7-14)5-4-9(3)12(11)13/h4-5,8,14H,6-7H2,1-3H3. The quantitative estimate of drug-likeness (QED) is 0.788. The summed E-state index contributed by atoms with van der Waals surface area (Å²) in [6.45, 7) is 5.76. The Morgan fingerprint density at radius 3 is 2.50 bits per heavy atom. The number of hydrogen-bond donors (Lipinski definition) is 1. The smallest absolute Gasteiger partial charge is 0.129 e. The topological polar surface area (TPSA) is 20.2 Å². The molecule has 0 aliphatic heterocycles. The Labute approximate surface area is 84.6 Å². The van der Waals surface area contributed by atoms with E-state index in [2.05, 4.69) is 0 Å². The van der Waals surface area contributed by atoms with Gasteiger partial charge in [-0.05, 0) is 36.0 Å². The van der Waals surface area contributed by atoms with E-state index in [4.69, 9.17) is 5.11 Å². The average Bonchev–Trinajstić information content (AvgIpc) is 2.13. The Morgan fingerprint density at radius 2 is 2.00 bits per heavy atom. The molecule has 0 aliphatic carbocycles. The number of benzene rings is 1. The first-order chi connectivity index (χ1) is 6.56. The molecule has 0 saturated heterocycles. The van der Waals surface area contributed by atoms with Crippen LogP contribution in [0, 0.1) is 18.7 Å². The molecule has 0 spiro atoms. The van der Waals surface area contributed by atoms with Crippen molar-refractivity contribution in [3.8, 4) is 0 Å². The summed E-state index contributed by atoms with van der Waals surface area (Å²) in [5.41, 5.74) is 2.03. The maximum Gasteiger partial charge on any atom is 0.129 e. The number of rotatable bonds is 3. The normalized spacial score (nSPS) is 11.0. The van der Waals surface area contributed by atoms with Gasteiger partial charge in [-0.15, -0.1) is 0 Å². The molecule has 0 fully saturated rings. The maximum absolute atomic E-state index is 13.7. The zero-order chi connectivity index (χ0) is 10.7. The SMILES string of the molecule is Cc1ccc(CO)c(CC(C)C)c1F. The van der Waals surface area contributed by atoms with Crippen LogP contribution in [0.5, 0.6) is 0 Å². The first-order valence-corrected chi connectivity index (χ1v) is 4.94. The highest BCUT2D eigenvalue weighted by atomic mass is 19.1. The summed E-state index contributed by atoms with van der Waals surface area (Å²) >= 11 is 0. The van der Waals surface area contributed by atoms with Crippen molar-refractivity contribution in [2.75, 3.05) is 0 Å². The zero-order valence-corrected chi connectivity index (χ0v) is 8.97. The molecule has 14 heavy (non-hydrogen) atoms. The third-order valence-electron chi connectivity index (χ3n) is 2.32. The number of halogens is 1. The van der Waals surface area contributed by atoms with Crippen molar-refractivity contribution < 1.29 is 9.50 Å². The predicted octanol–water partition coefficient (Wildman–Crippen LogP) is 2.82. The van der Waals surface area contributed by atoms with Gasteiger partial charge in [-0.2, -0.15) is 0 Å². The Bertz CT molecular complexity index is 318. The number of hydrogen-bond acceptors (Lipinski definition) is 1. The molecule has 1 rings (SSSR count). The van der Waals surface area contributed by atoms with Crippen LogP contribution >= 0.6 is 0 Å². The maximum atomic E-state index is 13.7. The van der Waals surface area contributed by atoms with Crippen LogP contribution in [0.15, 0.2) is 12.1 Å². The molecular weight excluding hydrogens is 179 g/mol. The summed E-state index contributed by atoms with van der Waals surface area (Å²) in [7, 11) is 0. The molecule has 0 radical (unpaired) electrons. The van der Waals surface area contributed by atoms with E-state index in [1.165, 1.54) is 0 Å². The first-order valence-electron chi connectivity index (χ1n) is 4.94. The lowest BCUT2D eigenvalue weighted by Gasteiger charge is -2.12. The van der Waals surface area contributed by atoms with E-state index in [1.54, 1.807) is 19.1 Å². The Balaban J connectivity index is 3.14. The molecule has 0 aromatic heterocycles. The molecule has 0 heterocycles. The summed E-state index contributed by atoms with van der Waals surface area (Å²) in [4.78, 5) is 0. The second-order valence-electron chi connectivity index (χ2n) is 4.09. The Kier molecular flexibility index (Phi) is 3.64. The molecule has 0 atom stereocenters. The fraction of sp³-hybridized carbons (Fsp3) is 0.500. The lowest BCUT2D eigenvalue weighted by Crippen LogP contribution is -2.04.